The molecule has 1 atom stereocenters. The van der Waals surface area contributed by atoms with E-state index in [0.29, 0.717) is 0 Å². The lowest BCUT2D eigenvalue weighted by Gasteiger charge is -2.37. The maximum atomic E-state index is 5.76. The molecule has 1 unspecified atom stereocenters. The smallest absolute Gasteiger partial charge is 0.162 e. The second-order valence-electron chi connectivity index (χ2n) is 10.00. The van der Waals surface area contributed by atoms with Crippen LogP contribution in [0.25, 0.3) is 27.7 Å². The molecule has 0 spiro atoms. The van der Waals surface area contributed by atoms with Crippen molar-refractivity contribution in [3.05, 3.63) is 54.6 Å². The van der Waals surface area contributed by atoms with Gasteiger partial charge in [0.05, 0.1) is 29.8 Å². The van der Waals surface area contributed by atoms with Crippen molar-refractivity contribution >= 4 is 22.2 Å². The molecule has 4 aromatic rings. The van der Waals surface area contributed by atoms with Gasteiger partial charge in [0.2, 0.25) is 0 Å². The van der Waals surface area contributed by atoms with Crippen molar-refractivity contribution in [2.75, 3.05) is 31.2 Å². The zero-order chi connectivity index (χ0) is 22.9. The topological polar surface area (TPSA) is 55.5 Å². The minimum atomic E-state index is 0.828. The van der Waals surface area contributed by atoms with Crippen molar-refractivity contribution in [3.63, 3.8) is 0 Å². The summed E-state index contributed by atoms with van der Waals surface area (Å²) in [5.41, 5.74) is 6.46. The summed E-state index contributed by atoms with van der Waals surface area (Å²) >= 11 is 0. The van der Waals surface area contributed by atoms with Gasteiger partial charge in [-0.3, -0.25) is 4.98 Å². The molecule has 0 saturated carbocycles. The quantitative estimate of drug-likeness (QED) is 0.398. The monoisotopic (exact) mass is 455 g/mol. The fraction of sp³-hybridized carbons (Fsp3) is 0.464. The SMILES string of the molecule is Cc1ccc2nccc(-c3cnn4cc(N5CCC(C6CCCCOCC6)CC5)cnc34)c2c1. The summed E-state index contributed by atoms with van der Waals surface area (Å²) in [6, 6.07) is 8.45. The Morgan fingerprint density at radius 2 is 1.76 bits per heavy atom. The number of hydrogen-bond acceptors (Lipinski definition) is 5. The average molecular weight is 456 g/mol. The van der Waals surface area contributed by atoms with Gasteiger partial charge in [0.15, 0.2) is 5.65 Å². The summed E-state index contributed by atoms with van der Waals surface area (Å²) in [7, 11) is 0. The Morgan fingerprint density at radius 3 is 2.68 bits per heavy atom. The van der Waals surface area contributed by atoms with Gasteiger partial charge in [-0.05, 0) is 68.2 Å². The van der Waals surface area contributed by atoms with Crippen LogP contribution in [0.4, 0.5) is 5.69 Å². The predicted octanol–water partition coefficient (Wildman–Crippen LogP) is 5.68. The van der Waals surface area contributed by atoms with Crippen LogP contribution < -0.4 is 4.90 Å². The van der Waals surface area contributed by atoms with Crippen LogP contribution in [0.2, 0.25) is 0 Å². The molecular formula is C28H33N5O. The number of piperidine rings is 1. The molecule has 0 amide bonds. The Balaban J connectivity index is 1.21. The van der Waals surface area contributed by atoms with E-state index in [1.54, 1.807) is 0 Å². The van der Waals surface area contributed by atoms with Crippen molar-refractivity contribution in [1.82, 2.24) is 19.6 Å². The number of aromatic nitrogens is 4. The van der Waals surface area contributed by atoms with Gasteiger partial charge in [-0.15, -0.1) is 0 Å². The molecule has 2 aliphatic rings. The van der Waals surface area contributed by atoms with E-state index in [4.69, 9.17) is 9.72 Å². The number of fused-ring (bicyclic) bond motifs is 2. The first-order valence-corrected chi connectivity index (χ1v) is 12.8. The van der Waals surface area contributed by atoms with Gasteiger partial charge >= 0.3 is 0 Å². The first kappa shape index (κ1) is 21.5. The largest absolute Gasteiger partial charge is 0.381 e. The van der Waals surface area contributed by atoms with Crippen LogP contribution in [0, 0.1) is 18.8 Å². The zero-order valence-corrected chi connectivity index (χ0v) is 20.0. The van der Waals surface area contributed by atoms with E-state index in [2.05, 4.69) is 52.4 Å². The molecule has 1 aromatic carbocycles. The fourth-order valence-electron chi connectivity index (χ4n) is 5.91. The lowest BCUT2D eigenvalue weighted by atomic mass is 9.79. The Bertz CT molecular complexity index is 1280. The molecular weight excluding hydrogens is 422 g/mol. The molecule has 0 radical (unpaired) electrons. The number of benzene rings is 1. The second kappa shape index (κ2) is 9.34. The Hall–Kier alpha value is -2.99. The van der Waals surface area contributed by atoms with Gasteiger partial charge in [0.25, 0.3) is 0 Å². The average Bonchev–Trinajstić information content (AvgIpc) is 3.27. The van der Waals surface area contributed by atoms with Crippen LogP contribution in [-0.2, 0) is 4.74 Å². The summed E-state index contributed by atoms with van der Waals surface area (Å²) in [5.74, 6) is 1.66. The highest BCUT2D eigenvalue weighted by Gasteiger charge is 2.27. The van der Waals surface area contributed by atoms with Gasteiger partial charge in [-0.2, -0.15) is 5.10 Å². The van der Waals surface area contributed by atoms with Crippen LogP contribution in [-0.4, -0.2) is 45.9 Å². The lowest BCUT2D eigenvalue weighted by Crippen LogP contribution is -2.36. The van der Waals surface area contributed by atoms with Gasteiger partial charge in [-0.1, -0.05) is 24.5 Å². The van der Waals surface area contributed by atoms with Crippen LogP contribution in [0.3, 0.4) is 0 Å². The van der Waals surface area contributed by atoms with Crippen molar-refractivity contribution in [2.45, 2.75) is 45.4 Å². The third kappa shape index (κ3) is 4.16. The highest BCUT2D eigenvalue weighted by Crippen LogP contribution is 2.34. The number of rotatable bonds is 3. The number of aryl methyl sites for hydroxylation is 1. The molecule has 0 N–H and O–H groups in total. The number of anilines is 1. The van der Waals surface area contributed by atoms with Crippen molar-refractivity contribution in [3.8, 4) is 11.1 Å². The van der Waals surface area contributed by atoms with E-state index in [9.17, 15) is 0 Å². The molecule has 2 aliphatic heterocycles. The van der Waals surface area contributed by atoms with E-state index in [0.717, 1.165) is 71.5 Å². The molecule has 34 heavy (non-hydrogen) atoms. The molecule has 6 rings (SSSR count). The van der Waals surface area contributed by atoms with Crippen LogP contribution >= 0.6 is 0 Å². The lowest BCUT2D eigenvalue weighted by molar-refractivity contribution is 0.0823. The Labute approximate surface area is 201 Å². The molecule has 6 heteroatoms. The van der Waals surface area contributed by atoms with E-state index in [-0.39, 0.29) is 0 Å². The third-order valence-electron chi connectivity index (χ3n) is 7.85. The number of ether oxygens (including phenoxy) is 1. The first-order chi connectivity index (χ1) is 16.8. The van der Waals surface area contributed by atoms with Crippen molar-refractivity contribution in [2.24, 2.45) is 11.8 Å². The molecule has 2 fully saturated rings. The number of nitrogens with zero attached hydrogens (tertiary/aromatic N) is 5. The molecule has 0 aliphatic carbocycles. The number of pyridine rings is 1. The normalized spacial score (nSPS) is 20.5. The second-order valence-corrected chi connectivity index (χ2v) is 10.00. The molecule has 2 saturated heterocycles. The standard InChI is InChI=1S/C28H33N5O/c1-20-5-6-27-25(16-20)24(7-11-29-27)26-18-31-33-19-23(17-30-28(26)33)32-12-8-22(9-13-32)21-4-2-3-14-34-15-10-21/h5-7,11,16-19,21-22H,2-4,8-10,12-15H2,1H3. The minimum absolute atomic E-state index is 0.828. The van der Waals surface area contributed by atoms with Gasteiger partial charge in [0.1, 0.15) is 0 Å². The summed E-state index contributed by atoms with van der Waals surface area (Å²) in [6.45, 7) is 6.20. The summed E-state index contributed by atoms with van der Waals surface area (Å²) in [5, 5.41) is 5.82. The van der Waals surface area contributed by atoms with Gasteiger partial charge in [-0.25, -0.2) is 9.50 Å². The molecule has 176 valence electrons. The maximum Gasteiger partial charge on any atom is 0.162 e. The van der Waals surface area contributed by atoms with Gasteiger partial charge < -0.3 is 9.64 Å². The minimum Gasteiger partial charge on any atom is -0.381 e. The molecule has 6 nitrogen and oxygen atoms in total. The number of hydrogen-bond donors (Lipinski definition) is 0. The summed E-state index contributed by atoms with van der Waals surface area (Å²) in [6.07, 6.45) is 15.7. The van der Waals surface area contributed by atoms with Crippen LogP contribution in [0.5, 0.6) is 0 Å². The van der Waals surface area contributed by atoms with Crippen molar-refractivity contribution < 1.29 is 4.74 Å². The van der Waals surface area contributed by atoms with Crippen LogP contribution in [0.15, 0.2) is 49.1 Å². The predicted molar refractivity (Wildman–Crippen MR) is 136 cm³/mol. The highest BCUT2D eigenvalue weighted by molar-refractivity contribution is 5.97. The van der Waals surface area contributed by atoms with E-state index in [1.165, 1.54) is 44.1 Å². The van der Waals surface area contributed by atoms with Crippen molar-refractivity contribution in [1.29, 1.82) is 0 Å². The molecule has 5 heterocycles. The van der Waals surface area contributed by atoms with Crippen LogP contribution in [0.1, 0.15) is 44.1 Å². The first-order valence-electron chi connectivity index (χ1n) is 12.8. The summed E-state index contributed by atoms with van der Waals surface area (Å²) in [4.78, 5) is 11.9. The molecule has 0 bridgehead atoms. The van der Waals surface area contributed by atoms with E-state index in [1.807, 2.05) is 23.1 Å². The van der Waals surface area contributed by atoms with E-state index < -0.39 is 0 Å². The Morgan fingerprint density at radius 1 is 0.882 bits per heavy atom. The highest BCUT2D eigenvalue weighted by atomic mass is 16.5. The van der Waals surface area contributed by atoms with E-state index >= 15 is 0 Å². The molecule has 3 aromatic heterocycles. The third-order valence-corrected chi connectivity index (χ3v) is 7.85. The maximum absolute atomic E-state index is 5.76. The zero-order valence-electron chi connectivity index (χ0n) is 20.0. The summed E-state index contributed by atoms with van der Waals surface area (Å²) < 4.78 is 7.69. The fourth-order valence-corrected chi connectivity index (χ4v) is 5.91. The Kier molecular flexibility index (Phi) is 5.91. The van der Waals surface area contributed by atoms with Gasteiger partial charge in [0, 0.05) is 43.4 Å².